The number of nitrogens with one attached hydrogen (secondary N) is 1. The van der Waals surface area contributed by atoms with Gasteiger partial charge in [-0.05, 0) is 30.9 Å². The van der Waals surface area contributed by atoms with E-state index in [0.29, 0.717) is 6.42 Å². The SMILES string of the molecule is CCC(CO)(CO)NC(C)c1cc2ccccc2s1. The van der Waals surface area contributed by atoms with Gasteiger partial charge in [0.15, 0.2) is 0 Å². The standard InChI is InChI=1S/C15H21NO2S/c1-3-15(9-17,10-18)16-11(2)14-8-12-6-4-5-7-13(12)19-14/h4-8,11,16-18H,3,9-10H2,1-2H3. The van der Waals surface area contributed by atoms with E-state index in [2.05, 4.69) is 30.4 Å². The van der Waals surface area contributed by atoms with Gasteiger partial charge in [-0.15, -0.1) is 11.3 Å². The molecule has 0 saturated carbocycles. The third-order valence-corrected chi connectivity index (χ3v) is 4.97. The van der Waals surface area contributed by atoms with Gasteiger partial charge in [0.2, 0.25) is 0 Å². The number of rotatable bonds is 6. The fraction of sp³-hybridized carbons (Fsp3) is 0.467. The van der Waals surface area contributed by atoms with E-state index in [1.54, 1.807) is 11.3 Å². The highest BCUT2D eigenvalue weighted by Crippen LogP contribution is 2.30. The average molecular weight is 279 g/mol. The van der Waals surface area contributed by atoms with Crippen LogP contribution in [0.5, 0.6) is 0 Å². The number of hydrogen-bond acceptors (Lipinski definition) is 4. The molecule has 0 radical (unpaired) electrons. The molecule has 2 rings (SSSR count). The number of thiophene rings is 1. The van der Waals surface area contributed by atoms with Crippen LogP contribution in [-0.4, -0.2) is 29.0 Å². The van der Waals surface area contributed by atoms with Crippen LogP contribution in [0.3, 0.4) is 0 Å². The van der Waals surface area contributed by atoms with Crippen LogP contribution in [-0.2, 0) is 0 Å². The summed E-state index contributed by atoms with van der Waals surface area (Å²) >= 11 is 1.75. The van der Waals surface area contributed by atoms with Crippen LogP contribution >= 0.6 is 11.3 Å². The van der Waals surface area contributed by atoms with Gasteiger partial charge in [0.1, 0.15) is 0 Å². The summed E-state index contributed by atoms with van der Waals surface area (Å²) in [6.07, 6.45) is 0.690. The van der Waals surface area contributed by atoms with E-state index in [9.17, 15) is 10.2 Å². The van der Waals surface area contributed by atoms with Crippen LogP contribution in [0.2, 0.25) is 0 Å². The second-order valence-corrected chi connectivity index (χ2v) is 6.12. The van der Waals surface area contributed by atoms with E-state index in [-0.39, 0.29) is 19.3 Å². The van der Waals surface area contributed by atoms with Gasteiger partial charge in [0.25, 0.3) is 0 Å². The fourth-order valence-electron chi connectivity index (χ4n) is 2.21. The van der Waals surface area contributed by atoms with E-state index >= 15 is 0 Å². The van der Waals surface area contributed by atoms with E-state index in [1.165, 1.54) is 15.0 Å². The zero-order valence-electron chi connectivity index (χ0n) is 11.4. The average Bonchev–Trinajstić information content (AvgIpc) is 2.89. The first-order valence-corrected chi connectivity index (χ1v) is 7.43. The highest BCUT2D eigenvalue weighted by atomic mass is 32.1. The number of benzene rings is 1. The summed E-state index contributed by atoms with van der Waals surface area (Å²) in [5.74, 6) is 0. The van der Waals surface area contributed by atoms with Gasteiger partial charge in [-0.1, -0.05) is 25.1 Å². The van der Waals surface area contributed by atoms with Gasteiger partial charge in [0, 0.05) is 15.6 Å². The van der Waals surface area contributed by atoms with Crippen molar-refractivity contribution in [3.63, 3.8) is 0 Å². The molecule has 19 heavy (non-hydrogen) atoms. The van der Waals surface area contributed by atoms with Crippen LogP contribution < -0.4 is 5.32 Å². The maximum Gasteiger partial charge on any atom is 0.0650 e. The third kappa shape index (κ3) is 2.98. The molecule has 1 unspecified atom stereocenters. The van der Waals surface area contributed by atoms with Gasteiger partial charge < -0.3 is 10.2 Å². The van der Waals surface area contributed by atoms with Crippen molar-refractivity contribution in [3.05, 3.63) is 35.2 Å². The Morgan fingerprint density at radius 3 is 2.53 bits per heavy atom. The number of fused-ring (bicyclic) bond motifs is 1. The van der Waals surface area contributed by atoms with Crippen LogP contribution in [0.4, 0.5) is 0 Å². The first-order valence-electron chi connectivity index (χ1n) is 6.62. The van der Waals surface area contributed by atoms with Crippen molar-refractivity contribution in [3.8, 4) is 0 Å². The Morgan fingerprint density at radius 2 is 1.95 bits per heavy atom. The molecule has 3 N–H and O–H groups in total. The van der Waals surface area contributed by atoms with E-state index in [0.717, 1.165) is 0 Å². The molecule has 0 aliphatic rings. The van der Waals surface area contributed by atoms with Gasteiger partial charge in [0.05, 0.1) is 18.8 Å². The molecule has 104 valence electrons. The Morgan fingerprint density at radius 1 is 1.26 bits per heavy atom. The van der Waals surface area contributed by atoms with E-state index in [4.69, 9.17) is 0 Å². The van der Waals surface area contributed by atoms with Gasteiger partial charge >= 0.3 is 0 Å². The zero-order valence-corrected chi connectivity index (χ0v) is 12.2. The lowest BCUT2D eigenvalue weighted by molar-refractivity contribution is 0.0796. The highest BCUT2D eigenvalue weighted by Gasteiger charge is 2.28. The summed E-state index contributed by atoms with van der Waals surface area (Å²) in [6, 6.07) is 10.6. The maximum absolute atomic E-state index is 9.49. The predicted molar refractivity (Wildman–Crippen MR) is 80.6 cm³/mol. The predicted octanol–water partition coefficient (Wildman–Crippen LogP) is 2.69. The minimum absolute atomic E-state index is 0.0603. The monoisotopic (exact) mass is 279 g/mol. The molecule has 4 heteroatoms. The lowest BCUT2D eigenvalue weighted by Gasteiger charge is -2.33. The summed E-state index contributed by atoms with van der Waals surface area (Å²) < 4.78 is 1.27. The summed E-state index contributed by atoms with van der Waals surface area (Å²) in [6.45, 7) is 3.92. The van der Waals surface area contributed by atoms with Crippen molar-refractivity contribution in [1.29, 1.82) is 0 Å². The van der Waals surface area contributed by atoms with Gasteiger partial charge in [-0.3, -0.25) is 5.32 Å². The molecule has 0 amide bonds. The quantitative estimate of drug-likeness (QED) is 0.762. The van der Waals surface area contributed by atoms with Crippen molar-refractivity contribution >= 4 is 21.4 Å². The molecule has 1 aromatic carbocycles. The molecular formula is C15H21NO2S. The van der Waals surface area contributed by atoms with Gasteiger partial charge in [-0.25, -0.2) is 0 Å². The smallest absolute Gasteiger partial charge is 0.0650 e. The normalized spacial score (nSPS) is 13.9. The molecule has 0 aliphatic heterocycles. The third-order valence-electron chi connectivity index (χ3n) is 3.68. The summed E-state index contributed by atoms with van der Waals surface area (Å²) in [4.78, 5) is 1.22. The first-order chi connectivity index (χ1) is 9.14. The molecule has 0 spiro atoms. The molecule has 0 fully saturated rings. The number of aliphatic hydroxyl groups excluding tert-OH is 2. The lowest BCUT2D eigenvalue weighted by atomic mass is 9.97. The van der Waals surface area contributed by atoms with E-state index in [1.807, 2.05) is 19.1 Å². The Kier molecular flexibility index (Phi) is 4.58. The first kappa shape index (κ1) is 14.5. The minimum Gasteiger partial charge on any atom is -0.394 e. The second-order valence-electron chi connectivity index (χ2n) is 5.00. The maximum atomic E-state index is 9.49. The van der Waals surface area contributed by atoms with Crippen LogP contribution in [0.25, 0.3) is 10.1 Å². The van der Waals surface area contributed by atoms with Crippen LogP contribution in [0.1, 0.15) is 31.2 Å². The highest BCUT2D eigenvalue weighted by molar-refractivity contribution is 7.19. The summed E-state index contributed by atoms with van der Waals surface area (Å²) in [5, 5.41) is 23.6. The molecule has 3 nitrogen and oxygen atoms in total. The molecule has 2 aromatic rings. The van der Waals surface area contributed by atoms with Crippen molar-refractivity contribution < 1.29 is 10.2 Å². The largest absolute Gasteiger partial charge is 0.394 e. The van der Waals surface area contributed by atoms with Gasteiger partial charge in [-0.2, -0.15) is 0 Å². The number of hydrogen-bond donors (Lipinski definition) is 3. The summed E-state index contributed by atoms with van der Waals surface area (Å²) in [5.41, 5.74) is -0.602. The molecule has 0 aliphatic carbocycles. The van der Waals surface area contributed by atoms with Crippen molar-refractivity contribution in [2.75, 3.05) is 13.2 Å². The Bertz CT molecular complexity index is 492. The molecule has 0 saturated heterocycles. The molecular weight excluding hydrogens is 258 g/mol. The molecule has 1 heterocycles. The number of aliphatic hydroxyl groups is 2. The van der Waals surface area contributed by atoms with Crippen LogP contribution in [0.15, 0.2) is 30.3 Å². The topological polar surface area (TPSA) is 52.5 Å². The van der Waals surface area contributed by atoms with Crippen molar-refractivity contribution in [2.45, 2.75) is 31.8 Å². The Hall–Kier alpha value is -0.940. The minimum atomic E-state index is -0.602. The van der Waals surface area contributed by atoms with Crippen molar-refractivity contribution in [2.24, 2.45) is 0 Å². The molecule has 1 aromatic heterocycles. The van der Waals surface area contributed by atoms with Crippen LogP contribution in [0, 0.1) is 0 Å². The van der Waals surface area contributed by atoms with E-state index < -0.39 is 5.54 Å². The fourth-order valence-corrected chi connectivity index (χ4v) is 3.28. The summed E-state index contributed by atoms with van der Waals surface area (Å²) in [7, 11) is 0. The molecule has 1 atom stereocenters. The van der Waals surface area contributed by atoms with Crippen molar-refractivity contribution in [1.82, 2.24) is 5.32 Å². The Labute approximate surface area is 117 Å². The zero-order chi connectivity index (χ0) is 13.9. The Balaban J connectivity index is 2.21. The lowest BCUT2D eigenvalue weighted by Crippen LogP contribution is -2.51. The second kappa shape index (κ2) is 6.01. The molecule has 0 bridgehead atoms.